The summed E-state index contributed by atoms with van der Waals surface area (Å²) in [5.74, 6) is -2.70. The average molecular weight is 690 g/mol. The highest BCUT2D eigenvalue weighted by molar-refractivity contribution is 5.96. The number of nitrogens with zero attached hydrogens (tertiary/aromatic N) is 4. The Bertz CT molecular complexity index is 2340. The fourth-order valence-electron chi connectivity index (χ4n) is 5.39. The number of aromatic hydroxyl groups is 1. The molecular weight excluding hydrogens is 662 g/mol. The molecular formula is C31H28ClN9O8. The molecule has 0 unspecified atom stereocenters. The zero-order valence-electron chi connectivity index (χ0n) is 25.3. The summed E-state index contributed by atoms with van der Waals surface area (Å²) in [6.07, 6.45) is 2.39. The van der Waals surface area contributed by atoms with Gasteiger partial charge in [-0.05, 0) is 41.2 Å². The van der Waals surface area contributed by atoms with Crippen LogP contribution in [0.15, 0.2) is 73.6 Å². The Morgan fingerprint density at radius 2 is 1.86 bits per heavy atom. The van der Waals surface area contributed by atoms with Crippen LogP contribution in [-0.4, -0.2) is 46.6 Å². The molecule has 0 fully saturated rings. The number of aromatic nitrogens is 5. The number of imidazole rings is 1. The summed E-state index contributed by atoms with van der Waals surface area (Å²) in [6, 6.07) is 13.9. The number of carboxylic acids is 1. The van der Waals surface area contributed by atoms with Gasteiger partial charge in [0.15, 0.2) is 5.82 Å². The van der Waals surface area contributed by atoms with Crippen molar-refractivity contribution in [3.63, 3.8) is 0 Å². The van der Waals surface area contributed by atoms with Gasteiger partial charge >= 0.3 is 11.7 Å². The van der Waals surface area contributed by atoms with Gasteiger partial charge in [0.05, 0.1) is 12.2 Å². The lowest BCUT2D eigenvalue weighted by Gasteiger charge is -2.14. The highest BCUT2D eigenvalue weighted by atomic mass is 35.5. The number of rotatable bonds is 8. The first-order valence-corrected chi connectivity index (χ1v) is 14.5. The third-order valence-corrected chi connectivity index (χ3v) is 7.79. The average Bonchev–Trinajstić information content (AvgIpc) is 3.82. The molecule has 49 heavy (non-hydrogen) atoms. The summed E-state index contributed by atoms with van der Waals surface area (Å²) in [5, 5.41) is 28.6. The summed E-state index contributed by atoms with van der Waals surface area (Å²) in [7, 11) is 0. The van der Waals surface area contributed by atoms with E-state index in [1.54, 1.807) is 6.07 Å². The first-order valence-electron chi connectivity index (χ1n) is 14.5. The SMILES string of the molecule is Cl.NCc1cccc(CNc2c(N)c(=O)c2=O)c1.O=C(N[C@H]1CCc2cc(-c3noc(=O)[nH]3)ccc21)c1cc(C(=O)O)n2c(O)cnc2n1. The second kappa shape index (κ2) is 13.8. The molecule has 1 aliphatic carbocycles. The van der Waals surface area contributed by atoms with Crippen LogP contribution < -0.4 is 38.7 Å². The van der Waals surface area contributed by atoms with Crippen molar-refractivity contribution in [2.24, 2.45) is 5.73 Å². The molecule has 252 valence electrons. The van der Waals surface area contributed by atoms with Crippen molar-refractivity contribution in [2.75, 3.05) is 11.1 Å². The van der Waals surface area contributed by atoms with Gasteiger partial charge in [-0.2, -0.15) is 0 Å². The number of anilines is 2. The summed E-state index contributed by atoms with van der Waals surface area (Å²) in [5.41, 5.74) is 14.1. The molecule has 0 aliphatic heterocycles. The number of carbonyl (C=O) groups excluding carboxylic acids is 1. The topological polar surface area (TPSA) is 274 Å². The van der Waals surface area contributed by atoms with E-state index in [0.717, 1.165) is 38.9 Å². The summed E-state index contributed by atoms with van der Waals surface area (Å²) >= 11 is 0. The summed E-state index contributed by atoms with van der Waals surface area (Å²) in [4.78, 5) is 67.9. The van der Waals surface area contributed by atoms with Gasteiger partial charge < -0.3 is 32.3 Å². The number of hydrogen-bond donors (Lipinski definition) is 7. The second-order valence-electron chi connectivity index (χ2n) is 10.8. The van der Waals surface area contributed by atoms with Gasteiger partial charge in [-0.15, -0.1) is 12.4 Å². The minimum absolute atomic E-state index is 0. The smallest absolute Gasteiger partial charge is 0.439 e. The number of benzene rings is 2. The minimum atomic E-state index is -1.33. The van der Waals surface area contributed by atoms with Crippen LogP contribution in [0.2, 0.25) is 0 Å². The number of aromatic carboxylic acids is 1. The molecule has 0 radical (unpaired) electrons. The molecule has 3 heterocycles. The number of H-pyrrole nitrogens is 1. The molecule has 0 bridgehead atoms. The van der Waals surface area contributed by atoms with Crippen molar-refractivity contribution < 1.29 is 24.3 Å². The molecule has 6 aromatic rings. The molecule has 9 N–H and O–H groups in total. The number of nitrogens with two attached hydrogens (primary N) is 2. The number of hydrogen-bond acceptors (Lipinski definition) is 13. The van der Waals surface area contributed by atoms with Gasteiger partial charge in [0.1, 0.15) is 22.8 Å². The zero-order valence-corrected chi connectivity index (χ0v) is 26.1. The maximum Gasteiger partial charge on any atom is 0.439 e. The predicted molar refractivity (Wildman–Crippen MR) is 177 cm³/mol. The number of aryl methyl sites for hydroxylation is 1. The van der Waals surface area contributed by atoms with E-state index < -0.39 is 28.5 Å². The van der Waals surface area contributed by atoms with E-state index in [1.807, 2.05) is 36.4 Å². The number of halogens is 1. The standard InChI is InChI=1S/C19H14N6O6.C12H13N3O2.ClH/c26-14-7-20-18-22-12(6-13(17(28)29)25(14)18)16(27)21-11-4-2-8-5-9(1-3-10(8)11)15-23-19(30)31-24-15;13-5-7-2-1-3-8(4-7)6-15-10-9(14)11(16)12(10)17;/h1,3,5-7,11,26H,2,4H2,(H,21,27)(H,28,29)(H,23,24,30);1-4,15H,5-6,13-14H2;1H/t11-;;/m0../s1. The normalized spacial score (nSPS) is 13.3. The second-order valence-corrected chi connectivity index (χ2v) is 10.8. The van der Waals surface area contributed by atoms with Gasteiger partial charge in [-0.3, -0.25) is 23.9 Å². The molecule has 3 aromatic heterocycles. The molecule has 18 heteroatoms. The Morgan fingerprint density at radius 3 is 2.55 bits per heavy atom. The van der Waals surface area contributed by atoms with Crippen LogP contribution in [0, 0.1) is 0 Å². The van der Waals surface area contributed by atoms with Gasteiger partial charge in [0.25, 0.3) is 16.8 Å². The molecule has 17 nitrogen and oxygen atoms in total. The number of carboxylic acid groups (broad SMARTS) is 1. The van der Waals surface area contributed by atoms with Crippen LogP contribution in [0.3, 0.4) is 0 Å². The molecule has 0 spiro atoms. The summed E-state index contributed by atoms with van der Waals surface area (Å²) in [6.45, 7) is 0.916. The van der Waals surface area contributed by atoms with Gasteiger partial charge in [-0.1, -0.05) is 41.6 Å². The lowest BCUT2D eigenvalue weighted by atomic mass is 10.0. The van der Waals surface area contributed by atoms with E-state index in [1.165, 1.54) is 0 Å². The Hall–Kier alpha value is -6.33. The lowest BCUT2D eigenvalue weighted by molar-refractivity contribution is 0.0687. The number of fused-ring (bicyclic) bond motifs is 2. The van der Waals surface area contributed by atoms with Crippen molar-refractivity contribution in [2.45, 2.75) is 32.0 Å². The first-order chi connectivity index (χ1) is 23.0. The van der Waals surface area contributed by atoms with Crippen LogP contribution in [0.25, 0.3) is 17.2 Å². The van der Waals surface area contributed by atoms with E-state index in [-0.39, 0.29) is 52.9 Å². The maximum atomic E-state index is 12.8. The number of nitrogen functional groups attached to an aromatic ring is 1. The third-order valence-electron chi connectivity index (χ3n) is 7.79. The van der Waals surface area contributed by atoms with E-state index in [2.05, 4.69) is 35.3 Å². The molecule has 1 aliphatic rings. The van der Waals surface area contributed by atoms with Crippen molar-refractivity contribution in [1.29, 1.82) is 0 Å². The van der Waals surface area contributed by atoms with Crippen molar-refractivity contribution >= 4 is 41.4 Å². The Labute approximate surface area is 280 Å². The number of nitrogens with one attached hydrogen (secondary N) is 3. The van der Waals surface area contributed by atoms with Crippen LogP contribution >= 0.6 is 12.4 Å². The maximum absolute atomic E-state index is 12.8. The van der Waals surface area contributed by atoms with Crippen molar-refractivity contribution in [1.82, 2.24) is 29.8 Å². The summed E-state index contributed by atoms with van der Waals surface area (Å²) < 4.78 is 5.47. The zero-order chi connectivity index (χ0) is 34.1. The molecule has 7 rings (SSSR count). The number of carbonyl (C=O) groups is 2. The number of amides is 1. The van der Waals surface area contributed by atoms with Crippen molar-refractivity contribution in [3.05, 3.63) is 119 Å². The fourth-order valence-corrected chi connectivity index (χ4v) is 5.39. The Kier molecular flexibility index (Phi) is 9.58. The molecule has 1 amide bonds. The molecule has 3 aromatic carbocycles. The Balaban J connectivity index is 0.000000221. The van der Waals surface area contributed by atoms with E-state index in [9.17, 15) is 34.2 Å². The Morgan fingerprint density at radius 1 is 1.08 bits per heavy atom. The van der Waals surface area contributed by atoms with Gasteiger partial charge in [0.2, 0.25) is 11.7 Å². The van der Waals surface area contributed by atoms with Crippen LogP contribution in [0.5, 0.6) is 5.88 Å². The van der Waals surface area contributed by atoms with Gasteiger partial charge in [-0.25, -0.2) is 24.0 Å². The van der Waals surface area contributed by atoms with Crippen LogP contribution in [0.1, 0.15) is 55.7 Å². The highest BCUT2D eigenvalue weighted by Gasteiger charge is 2.27. The molecule has 0 saturated heterocycles. The molecule has 1 atom stereocenters. The van der Waals surface area contributed by atoms with Crippen LogP contribution in [-0.2, 0) is 19.5 Å². The van der Waals surface area contributed by atoms with E-state index >= 15 is 0 Å². The van der Waals surface area contributed by atoms with Crippen molar-refractivity contribution in [3.8, 4) is 17.3 Å². The number of aromatic amines is 1. The molecule has 0 saturated carbocycles. The quantitative estimate of drug-likeness (QED) is 0.111. The van der Waals surface area contributed by atoms with E-state index in [4.69, 9.17) is 11.5 Å². The van der Waals surface area contributed by atoms with Crippen LogP contribution in [0.4, 0.5) is 11.4 Å². The minimum Gasteiger partial charge on any atom is -0.493 e. The highest BCUT2D eigenvalue weighted by Crippen LogP contribution is 2.33. The fraction of sp³-hybridized carbons (Fsp3) is 0.161. The monoisotopic (exact) mass is 689 g/mol. The largest absolute Gasteiger partial charge is 0.493 e. The van der Waals surface area contributed by atoms with E-state index in [0.29, 0.717) is 37.3 Å². The predicted octanol–water partition coefficient (Wildman–Crippen LogP) is 1.25. The third kappa shape index (κ3) is 6.74. The lowest BCUT2D eigenvalue weighted by Crippen LogP contribution is -2.36. The van der Waals surface area contributed by atoms with Gasteiger partial charge in [0, 0.05) is 24.7 Å². The first kappa shape index (κ1) is 34.0.